The molecule has 18 heavy (non-hydrogen) atoms. The summed E-state index contributed by atoms with van der Waals surface area (Å²) in [5.41, 5.74) is -0.167. The normalized spacial score (nSPS) is 22.7. The smallest absolute Gasteiger partial charge is 0.226 e. The molecule has 0 unspecified atom stereocenters. The van der Waals surface area contributed by atoms with Gasteiger partial charge in [-0.25, -0.2) is 0 Å². The average molecular weight is 254 g/mol. The molecule has 0 aromatic rings. The number of piperidine rings is 1. The Morgan fingerprint density at radius 2 is 2.11 bits per heavy atom. The van der Waals surface area contributed by atoms with Gasteiger partial charge in [0.1, 0.15) is 0 Å². The van der Waals surface area contributed by atoms with Crippen LogP contribution in [0.3, 0.4) is 0 Å². The van der Waals surface area contributed by atoms with Crippen molar-refractivity contribution < 1.29 is 9.53 Å². The van der Waals surface area contributed by atoms with Gasteiger partial charge >= 0.3 is 0 Å². The lowest BCUT2D eigenvalue weighted by atomic mass is 9.80. The maximum Gasteiger partial charge on any atom is 0.226 e. The van der Waals surface area contributed by atoms with E-state index >= 15 is 0 Å². The molecule has 1 aliphatic heterocycles. The van der Waals surface area contributed by atoms with Crippen molar-refractivity contribution >= 4 is 5.91 Å². The highest BCUT2D eigenvalue weighted by Crippen LogP contribution is 2.29. The topological polar surface area (TPSA) is 50.4 Å². The molecule has 4 heteroatoms. The molecular weight excluding hydrogens is 228 g/mol. The highest BCUT2D eigenvalue weighted by atomic mass is 16.5. The molecule has 0 radical (unpaired) electrons. The molecule has 2 fully saturated rings. The zero-order valence-electron chi connectivity index (χ0n) is 11.5. The Balaban J connectivity index is 1.53. The van der Waals surface area contributed by atoms with Crippen LogP contribution in [-0.2, 0) is 9.53 Å². The van der Waals surface area contributed by atoms with E-state index in [4.69, 9.17) is 4.74 Å². The van der Waals surface area contributed by atoms with Gasteiger partial charge in [0, 0.05) is 25.2 Å². The largest absolute Gasteiger partial charge is 0.381 e. The van der Waals surface area contributed by atoms with Crippen LogP contribution in [0.15, 0.2) is 0 Å². The minimum Gasteiger partial charge on any atom is -0.381 e. The molecule has 2 aliphatic rings. The summed E-state index contributed by atoms with van der Waals surface area (Å²) in [6.07, 6.45) is 5.48. The fraction of sp³-hybridized carbons (Fsp3) is 0.929. The van der Waals surface area contributed by atoms with Crippen LogP contribution in [0.1, 0.15) is 39.0 Å². The SMILES string of the molecule is CC1(C(=O)NCCCOCC2CC2)CCNCC1. The molecule has 1 saturated carbocycles. The summed E-state index contributed by atoms with van der Waals surface area (Å²) < 4.78 is 5.55. The minimum atomic E-state index is -0.167. The number of nitrogens with one attached hydrogen (secondary N) is 2. The third kappa shape index (κ3) is 4.25. The van der Waals surface area contributed by atoms with Gasteiger partial charge in [-0.3, -0.25) is 4.79 Å². The first-order valence-electron chi connectivity index (χ1n) is 7.27. The Hall–Kier alpha value is -0.610. The number of ether oxygens (including phenoxy) is 1. The molecule has 0 aromatic heterocycles. The molecule has 1 amide bonds. The second kappa shape index (κ2) is 6.53. The van der Waals surface area contributed by atoms with E-state index < -0.39 is 0 Å². The van der Waals surface area contributed by atoms with Crippen molar-refractivity contribution in [2.24, 2.45) is 11.3 Å². The average Bonchev–Trinajstić information content (AvgIpc) is 3.18. The summed E-state index contributed by atoms with van der Waals surface area (Å²) in [6, 6.07) is 0. The molecule has 0 bridgehead atoms. The predicted molar refractivity (Wildman–Crippen MR) is 71.4 cm³/mol. The number of carbonyl (C=O) groups is 1. The lowest BCUT2D eigenvalue weighted by Crippen LogP contribution is -2.46. The predicted octanol–water partition coefficient (Wildman–Crippen LogP) is 1.31. The maximum absolute atomic E-state index is 12.1. The van der Waals surface area contributed by atoms with Gasteiger partial charge in [0.25, 0.3) is 0 Å². The van der Waals surface area contributed by atoms with E-state index in [1.54, 1.807) is 0 Å². The van der Waals surface area contributed by atoms with Crippen LogP contribution in [0.2, 0.25) is 0 Å². The third-order valence-electron chi connectivity index (χ3n) is 4.06. The Labute approximate surface area is 110 Å². The molecule has 0 spiro atoms. The Morgan fingerprint density at radius 1 is 1.39 bits per heavy atom. The number of amides is 1. The lowest BCUT2D eigenvalue weighted by Gasteiger charge is -2.32. The monoisotopic (exact) mass is 254 g/mol. The second-order valence-electron chi connectivity index (χ2n) is 5.94. The molecule has 1 heterocycles. The first-order chi connectivity index (χ1) is 8.71. The zero-order chi connectivity index (χ0) is 12.8. The minimum absolute atomic E-state index is 0.167. The maximum atomic E-state index is 12.1. The van der Waals surface area contributed by atoms with Crippen LogP contribution in [-0.4, -0.2) is 38.8 Å². The lowest BCUT2D eigenvalue weighted by molar-refractivity contribution is -0.131. The van der Waals surface area contributed by atoms with Crippen molar-refractivity contribution in [1.82, 2.24) is 10.6 Å². The second-order valence-corrected chi connectivity index (χ2v) is 5.94. The molecule has 0 atom stereocenters. The van der Waals surface area contributed by atoms with Gasteiger partial charge in [-0.2, -0.15) is 0 Å². The highest BCUT2D eigenvalue weighted by Gasteiger charge is 2.33. The van der Waals surface area contributed by atoms with Gasteiger partial charge in [-0.05, 0) is 51.1 Å². The fourth-order valence-electron chi connectivity index (χ4n) is 2.33. The van der Waals surface area contributed by atoms with E-state index in [2.05, 4.69) is 17.6 Å². The molecule has 4 nitrogen and oxygen atoms in total. The number of rotatable bonds is 7. The molecule has 0 aromatic carbocycles. The number of hydrogen-bond donors (Lipinski definition) is 2. The van der Waals surface area contributed by atoms with Crippen molar-refractivity contribution in [3.8, 4) is 0 Å². The van der Waals surface area contributed by atoms with Crippen LogP contribution < -0.4 is 10.6 Å². The molecular formula is C14H26N2O2. The van der Waals surface area contributed by atoms with Gasteiger partial charge in [0.05, 0.1) is 0 Å². The van der Waals surface area contributed by atoms with E-state index in [0.29, 0.717) is 0 Å². The number of hydrogen-bond acceptors (Lipinski definition) is 3. The summed E-state index contributed by atoms with van der Waals surface area (Å²) in [5.74, 6) is 1.04. The summed E-state index contributed by atoms with van der Waals surface area (Å²) in [6.45, 7) is 6.41. The molecule has 2 N–H and O–H groups in total. The quantitative estimate of drug-likeness (QED) is 0.674. The van der Waals surface area contributed by atoms with Gasteiger partial charge in [0.15, 0.2) is 0 Å². The van der Waals surface area contributed by atoms with Crippen molar-refractivity contribution in [1.29, 1.82) is 0 Å². The van der Waals surface area contributed by atoms with E-state index in [0.717, 1.165) is 58.0 Å². The van der Waals surface area contributed by atoms with Crippen molar-refractivity contribution in [3.63, 3.8) is 0 Å². The highest BCUT2D eigenvalue weighted by molar-refractivity contribution is 5.82. The van der Waals surface area contributed by atoms with Crippen molar-refractivity contribution in [2.45, 2.75) is 39.0 Å². The summed E-state index contributed by atoms with van der Waals surface area (Å²) in [5, 5.41) is 6.35. The van der Waals surface area contributed by atoms with Gasteiger partial charge in [-0.1, -0.05) is 6.92 Å². The zero-order valence-corrected chi connectivity index (χ0v) is 11.5. The van der Waals surface area contributed by atoms with E-state index in [9.17, 15) is 4.79 Å². The van der Waals surface area contributed by atoms with E-state index in [1.807, 2.05) is 0 Å². The van der Waals surface area contributed by atoms with Gasteiger partial charge in [-0.15, -0.1) is 0 Å². The van der Waals surface area contributed by atoms with Crippen molar-refractivity contribution in [3.05, 3.63) is 0 Å². The third-order valence-corrected chi connectivity index (χ3v) is 4.06. The fourth-order valence-corrected chi connectivity index (χ4v) is 2.33. The first kappa shape index (κ1) is 13.8. The van der Waals surface area contributed by atoms with Crippen LogP contribution in [0.5, 0.6) is 0 Å². The van der Waals surface area contributed by atoms with E-state index in [-0.39, 0.29) is 11.3 Å². The van der Waals surface area contributed by atoms with Crippen LogP contribution in [0, 0.1) is 11.3 Å². The standard InChI is InChI=1S/C14H26N2O2/c1-14(5-8-15-9-6-14)13(17)16-7-2-10-18-11-12-3-4-12/h12,15H,2-11H2,1H3,(H,16,17). The summed E-state index contributed by atoms with van der Waals surface area (Å²) >= 11 is 0. The van der Waals surface area contributed by atoms with Gasteiger partial charge in [0.2, 0.25) is 5.91 Å². The molecule has 1 saturated heterocycles. The Morgan fingerprint density at radius 3 is 2.78 bits per heavy atom. The van der Waals surface area contributed by atoms with Crippen LogP contribution >= 0.6 is 0 Å². The Kier molecular flexibility index (Phi) is 5.01. The van der Waals surface area contributed by atoms with Crippen LogP contribution in [0.4, 0.5) is 0 Å². The molecule has 1 aliphatic carbocycles. The van der Waals surface area contributed by atoms with Crippen LogP contribution in [0.25, 0.3) is 0 Å². The molecule has 2 rings (SSSR count). The van der Waals surface area contributed by atoms with Gasteiger partial charge < -0.3 is 15.4 Å². The van der Waals surface area contributed by atoms with E-state index in [1.165, 1.54) is 12.8 Å². The van der Waals surface area contributed by atoms with Crippen molar-refractivity contribution in [2.75, 3.05) is 32.8 Å². The summed E-state index contributed by atoms with van der Waals surface area (Å²) in [4.78, 5) is 12.1. The Bertz CT molecular complexity index is 271. The number of carbonyl (C=O) groups excluding carboxylic acids is 1. The molecule has 104 valence electrons. The summed E-state index contributed by atoms with van der Waals surface area (Å²) in [7, 11) is 0. The first-order valence-corrected chi connectivity index (χ1v) is 7.27.